The Morgan fingerprint density at radius 3 is 2.76 bits per heavy atom. The minimum absolute atomic E-state index is 0.392. The van der Waals surface area contributed by atoms with Gasteiger partial charge in [-0.05, 0) is 49.2 Å². The maximum Gasteiger partial charge on any atom is 0.191 e. The molecule has 1 fully saturated rings. The highest BCUT2D eigenvalue weighted by Gasteiger charge is 2.23. The van der Waals surface area contributed by atoms with Crippen molar-refractivity contribution in [2.45, 2.75) is 25.9 Å². The van der Waals surface area contributed by atoms with E-state index in [1.807, 2.05) is 16.9 Å². The molecular weight excluding hydrogens is 360 g/mol. The van der Waals surface area contributed by atoms with E-state index in [-0.39, 0.29) is 0 Å². The van der Waals surface area contributed by atoms with E-state index >= 15 is 0 Å². The van der Waals surface area contributed by atoms with Crippen molar-refractivity contribution >= 4 is 11.6 Å². The van der Waals surface area contributed by atoms with Crippen molar-refractivity contribution in [3.8, 4) is 5.69 Å². The van der Waals surface area contributed by atoms with E-state index in [9.17, 15) is 0 Å². The van der Waals surface area contributed by atoms with Gasteiger partial charge < -0.3 is 15.5 Å². The zero-order valence-electron chi connectivity index (χ0n) is 16.8. The zero-order valence-corrected chi connectivity index (χ0v) is 16.8. The number of hydrogen-bond acceptors (Lipinski definition) is 3. The Morgan fingerprint density at radius 2 is 1.97 bits per heavy atom. The second kappa shape index (κ2) is 9.28. The minimum Gasteiger partial charge on any atom is -0.369 e. The average Bonchev–Trinajstić information content (AvgIpc) is 3.46. The van der Waals surface area contributed by atoms with Crippen LogP contribution in [-0.4, -0.2) is 41.4 Å². The van der Waals surface area contributed by atoms with Gasteiger partial charge >= 0.3 is 0 Å². The molecule has 29 heavy (non-hydrogen) atoms. The lowest BCUT2D eigenvalue weighted by molar-refractivity contribution is 0.649. The van der Waals surface area contributed by atoms with Crippen LogP contribution in [0.1, 0.15) is 18.9 Å². The number of aliphatic imine (C=N–C) groups is 1. The molecule has 6 nitrogen and oxygen atoms in total. The van der Waals surface area contributed by atoms with Crippen molar-refractivity contribution in [2.24, 2.45) is 4.99 Å². The van der Waals surface area contributed by atoms with E-state index in [0.717, 1.165) is 43.3 Å². The second-order valence-electron chi connectivity index (χ2n) is 7.23. The summed E-state index contributed by atoms with van der Waals surface area (Å²) in [7, 11) is 0. The molecule has 0 bridgehead atoms. The lowest BCUT2D eigenvalue weighted by Crippen LogP contribution is -2.44. The van der Waals surface area contributed by atoms with Gasteiger partial charge in [0.25, 0.3) is 0 Å². The zero-order chi connectivity index (χ0) is 19.9. The first-order valence-electron chi connectivity index (χ1n) is 10.3. The van der Waals surface area contributed by atoms with Crippen LogP contribution in [0.15, 0.2) is 78.0 Å². The number of para-hydroxylation sites is 1. The van der Waals surface area contributed by atoms with Crippen molar-refractivity contribution < 1.29 is 0 Å². The highest BCUT2D eigenvalue weighted by Crippen LogP contribution is 2.19. The molecule has 1 unspecified atom stereocenters. The molecule has 0 aliphatic carbocycles. The molecule has 2 heterocycles. The smallest absolute Gasteiger partial charge is 0.191 e. The van der Waals surface area contributed by atoms with Gasteiger partial charge in [0.1, 0.15) is 0 Å². The fourth-order valence-corrected chi connectivity index (χ4v) is 3.65. The topological polar surface area (TPSA) is 57.5 Å². The monoisotopic (exact) mass is 388 g/mol. The molecule has 150 valence electrons. The van der Waals surface area contributed by atoms with E-state index in [4.69, 9.17) is 4.99 Å². The number of benzene rings is 2. The summed E-state index contributed by atoms with van der Waals surface area (Å²) in [6, 6.07) is 21.3. The van der Waals surface area contributed by atoms with Crippen LogP contribution in [0.3, 0.4) is 0 Å². The standard InChI is InChI=1S/C23H28N6/c1-2-24-23(27-20-12-15-28(18-20)21-9-4-3-5-10-21)25-17-19-8-6-11-22(16-19)29-14-7-13-26-29/h3-11,13-14,16,20H,2,12,15,17-18H2,1H3,(H2,24,25,27). The van der Waals surface area contributed by atoms with E-state index in [1.54, 1.807) is 6.20 Å². The Bertz CT molecular complexity index is 920. The normalized spacial score (nSPS) is 16.8. The van der Waals surface area contributed by atoms with Gasteiger partial charge in [-0.15, -0.1) is 0 Å². The van der Waals surface area contributed by atoms with Gasteiger partial charge in [-0.1, -0.05) is 30.3 Å². The first-order chi connectivity index (χ1) is 14.3. The largest absolute Gasteiger partial charge is 0.369 e. The lowest BCUT2D eigenvalue weighted by atomic mass is 10.2. The van der Waals surface area contributed by atoms with Crippen LogP contribution in [0.25, 0.3) is 5.69 Å². The van der Waals surface area contributed by atoms with Gasteiger partial charge in [0.05, 0.1) is 12.2 Å². The molecule has 0 saturated carbocycles. The molecule has 1 aromatic heterocycles. The van der Waals surface area contributed by atoms with Crippen molar-refractivity contribution in [1.29, 1.82) is 0 Å². The van der Waals surface area contributed by atoms with Crippen LogP contribution in [0.5, 0.6) is 0 Å². The number of aromatic nitrogens is 2. The summed E-state index contributed by atoms with van der Waals surface area (Å²) in [5.41, 5.74) is 3.50. The summed E-state index contributed by atoms with van der Waals surface area (Å²) < 4.78 is 1.87. The number of anilines is 1. The lowest BCUT2D eigenvalue weighted by Gasteiger charge is -2.20. The van der Waals surface area contributed by atoms with Crippen LogP contribution in [0.2, 0.25) is 0 Å². The molecule has 6 heteroatoms. The predicted octanol–water partition coefficient (Wildman–Crippen LogP) is 3.21. The van der Waals surface area contributed by atoms with Crippen LogP contribution in [0.4, 0.5) is 5.69 Å². The molecule has 0 amide bonds. The van der Waals surface area contributed by atoms with Crippen LogP contribution < -0.4 is 15.5 Å². The van der Waals surface area contributed by atoms with Gasteiger partial charge in [-0.3, -0.25) is 0 Å². The molecule has 1 aliphatic heterocycles. The Kier molecular flexibility index (Phi) is 6.10. The number of nitrogens with one attached hydrogen (secondary N) is 2. The summed E-state index contributed by atoms with van der Waals surface area (Å²) >= 11 is 0. The molecule has 2 N–H and O–H groups in total. The molecule has 0 radical (unpaired) electrons. The van der Waals surface area contributed by atoms with E-state index in [1.165, 1.54) is 5.69 Å². The van der Waals surface area contributed by atoms with Crippen molar-refractivity contribution in [3.05, 3.63) is 78.6 Å². The first kappa shape index (κ1) is 19.1. The molecular formula is C23H28N6. The van der Waals surface area contributed by atoms with Crippen molar-refractivity contribution in [3.63, 3.8) is 0 Å². The van der Waals surface area contributed by atoms with Crippen LogP contribution in [0, 0.1) is 0 Å². The third-order valence-electron chi connectivity index (χ3n) is 5.09. The van der Waals surface area contributed by atoms with E-state index in [0.29, 0.717) is 12.6 Å². The molecule has 1 aliphatic rings. The van der Waals surface area contributed by atoms with Gasteiger partial charge in [0.15, 0.2) is 5.96 Å². The summed E-state index contributed by atoms with van der Waals surface area (Å²) in [6.45, 7) is 5.62. The maximum atomic E-state index is 4.81. The summed E-state index contributed by atoms with van der Waals surface area (Å²) in [6.07, 6.45) is 4.85. The minimum atomic E-state index is 0.392. The molecule has 3 aromatic rings. The van der Waals surface area contributed by atoms with E-state index < -0.39 is 0 Å². The van der Waals surface area contributed by atoms with Gasteiger partial charge in [-0.25, -0.2) is 9.67 Å². The fraction of sp³-hybridized carbons (Fsp3) is 0.304. The highest BCUT2D eigenvalue weighted by molar-refractivity contribution is 5.80. The predicted molar refractivity (Wildman–Crippen MR) is 119 cm³/mol. The Balaban J connectivity index is 1.39. The first-order valence-corrected chi connectivity index (χ1v) is 10.3. The molecule has 1 atom stereocenters. The fourth-order valence-electron chi connectivity index (χ4n) is 3.65. The second-order valence-corrected chi connectivity index (χ2v) is 7.23. The Morgan fingerprint density at radius 1 is 1.10 bits per heavy atom. The van der Waals surface area contributed by atoms with E-state index in [2.05, 4.69) is 82.2 Å². The Labute approximate surface area is 172 Å². The quantitative estimate of drug-likeness (QED) is 0.503. The molecule has 4 rings (SSSR count). The molecule has 2 aromatic carbocycles. The Hall–Kier alpha value is -3.28. The van der Waals surface area contributed by atoms with Crippen molar-refractivity contribution in [2.75, 3.05) is 24.5 Å². The maximum absolute atomic E-state index is 4.81. The molecule has 1 saturated heterocycles. The summed E-state index contributed by atoms with van der Waals surface area (Å²) in [5, 5.41) is 11.3. The average molecular weight is 389 g/mol. The summed E-state index contributed by atoms with van der Waals surface area (Å²) in [4.78, 5) is 7.24. The molecule has 0 spiro atoms. The van der Waals surface area contributed by atoms with Crippen LogP contribution >= 0.6 is 0 Å². The number of hydrogen-bond donors (Lipinski definition) is 2. The summed E-state index contributed by atoms with van der Waals surface area (Å²) in [5.74, 6) is 0.872. The highest BCUT2D eigenvalue weighted by atomic mass is 15.3. The van der Waals surface area contributed by atoms with Gasteiger partial charge in [0.2, 0.25) is 0 Å². The van der Waals surface area contributed by atoms with Gasteiger partial charge in [0, 0.05) is 43.8 Å². The number of guanidine groups is 1. The van der Waals surface area contributed by atoms with Crippen molar-refractivity contribution in [1.82, 2.24) is 20.4 Å². The third-order valence-corrected chi connectivity index (χ3v) is 5.09. The number of nitrogens with zero attached hydrogens (tertiary/aromatic N) is 4. The SMILES string of the molecule is CCNC(=NCc1cccc(-n2cccn2)c1)NC1CCN(c2ccccc2)C1. The third kappa shape index (κ3) is 4.96. The number of rotatable bonds is 6. The van der Waals surface area contributed by atoms with Crippen LogP contribution in [-0.2, 0) is 6.54 Å². The van der Waals surface area contributed by atoms with Gasteiger partial charge in [-0.2, -0.15) is 5.10 Å².